The predicted octanol–water partition coefficient (Wildman–Crippen LogP) is 4.74. The maximum Gasteiger partial charge on any atom is 0.120 e. The molecule has 1 aliphatic rings. The SMILES string of the molecule is CC.OC(c1cccc(OCc2ccccc2)c1)C1CC1. The maximum atomic E-state index is 10.1. The summed E-state index contributed by atoms with van der Waals surface area (Å²) in [5.41, 5.74) is 2.11. The molecule has 1 unspecified atom stereocenters. The van der Waals surface area contributed by atoms with Crippen molar-refractivity contribution in [3.05, 3.63) is 65.7 Å². The average Bonchev–Trinajstić information content (AvgIpc) is 3.40. The number of ether oxygens (including phenoxy) is 1. The summed E-state index contributed by atoms with van der Waals surface area (Å²) in [5.74, 6) is 1.27. The summed E-state index contributed by atoms with van der Waals surface area (Å²) in [4.78, 5) is 0. The normalized spacial score (nSPS) is 14.8. The standard InChI is InChI=1S/C17H18O2.C2H6/c18-17(14-9-10-14)15-7-4-8-16(11-15)19-12-13-5-2-1-3-6-13;1-2/h1-8,11,14,17-18H,9-10,12H2;1-2H3. The van der Waals surface area contributed by atoms with Gasteiger partial charge in [-0.25, -0.2) is 0 Å². The van der Waals surface area contributed by atoms with Gasteiger partial charge in [-0.1, -0.05) is 56.3 Å². The molecule has 1 fully saturated rings. The second-order valence-electron chi connectivity index (χ2n) is 5.13. The Kier molecular flexibility index (Phi) is 5.82. The molecule has 2 heteroatoms. The fraction of sp³-hybridized carbons (Fsp3) is 0.368. The topological polar surface area (TPSA) is 29.5 Å². The molecule has 0 aromatic heterocycles. The van der Waals surface area contributed by atoms with Crippen molar-refractivity contribution in [2.45, 2.75) is 39.4 Å². The molecule has 2 aromatic carbocycles. The lowest BCUT2D eigenvalue weighted by atomic mass is 10.1. The van der Waals surface area contributed by atoms with Crippen molar-refractivity contribution in [1.29, 1.82) is 0 Å². The first kappa shape index (κ1) is 15.6. The van der Waals surface area contributed by atoms with Crippen molar-refractivity contribution < 1.29 is 9.84 Å². The van der Waals surface area contributed by atoms with Gasteiger partial charge in [0.05, 0.1) is 6.10 Å². The molecule has 1 aliphatic carbocycles. The van der Waals surface area contributed by atoms with Gasteiger partial charge in [0.15, 0.2) is 0 Å². The Bertz CT molecular complexity index is 532. The van der Waals surface area contributed by atoms with E-state index in [4.69, 9.17) is 4.74 Å². The first-order chi connectivity index (χ1) is 10.3. The molecular weight excluding hydrogens is 260 g/mol. The van der Waals surface area contributed by atoms with Crippen molar-refractivity contribution in [2.75, 3.05) is 0 Å². The molecule has 112 valence electrons. The highest BCUT2D eigenvalue weighted by atomic mass is 16.5. The van der Waals surface area contributed by atoms with E-state index in [-0.39, 0.29) is 6.10 Å². The largest absolute Gasteiger partial charge is 0.489 e. The minimum atomic E-state index is -0.333. The van der Waals surface area contributed by atoms with Gasteiger partial charge in [-0.15, -0.1) is 0 Å². The summed E-state index contributed by atoms with van der Waals surface area (Å²) in [6, 6.07) is 17.9. The third kappa shape index (κ3) is 4.61. The summed E-state index contributed by atoms with van der Waals surface area (Å²) in [6.45, 7) is 4.56. The van der Waals surface area contributed by atoms with Gasteiger partial charge in [0.25, 0.3) is 0 Å². The fourth-order valence-electron chi connectivity index (χ4n) is 2.21. The number of aliphatic hydroxyl groups excluding tert-OH is 1. The van der Waals surface area contributed by atoms with Crippen LogP contribution in [0.1, 0.15) is 43.9 Å². The third-order valence-electron chi connectivity index (χ3n) is 3.52. The van der Waals surface area contributed by atoms with E-state index in [1.54, 1.807) is 0 Å². The van der Waals surface area contributed by atoms with Gasteiger partial charge in [0.2, 0.25) is 0 Å². The van der Waals surface area contributed by atoms with Gasteiger partial charge >= 0.3 is 0 Å². The highest BCUT2D eigenvalue weighted by Gasteiger charge is 2.30. The van der Waals surface area contributed by atoms with Gasteiger partial charge in [0, 0.05) is 0 Å². The lowest BCUT2D eigenvalue weighted by Gasteiger charge is -2.12. The van der Waals surface area contributed by atoms with E-state index in [0.29, 0.717) is 12.5 Å². The van der Waals surface area contributed by atoms with Crippen LogP contribution in [0.15, 0.2) is 54.6 Å². The highest BCUT2D eigenvalue weighted by Crippen LogP contribution is 2.41. The van der Waals surface area contributed by atoms with Crippen LogP contribution in [0.25, 0.3) is 0 Å². The zero-order valence-electron chi connectivity index (χ0n) is 12.8. The second-order valence-corrected chi connectivity index (χ2v) is 5.13. The van der Waals surface area contributed by atoms with E-state index in [1.165, 1.54) is 0 Å². The Hall–Kier alpha value is -1.80. The average molecular weight is 284 g/mol. The van der Waals surface area contributed by atoms with E-state index < -0.39 is 0 Å². The van der Waals surface area contributed by atoms with Gasteiger partial charge < -0.3 is 9.84 Å². The highest BCUT2D eigenvalue weighted by molar-refractivity contribution is 5.31. The zero-order valence-corrected chi connectivity index (χ0v) is 12.8. The van der Waals surface area contributed by atoms with E-state index >= 15 is 0 Å². The molecule has 1 N–H and O–H groups in total. The Morgan fingerprint density at radius 3 is 2.43 bits per heavy atom. The molecule has 1 saturated carbocycles. The van der Waals surface area contributed by atoms with Crippen molar-refractivity contribution in [3.8, 4) is 5.75 Å². The monoisotopic (exact) mass is 284 g/mol. The third-order valence-corrected chi connectivity index (χ3v) is 3.52. The van der Waals surface area contributed by atoms with Crippen molar-refractivity contribution in [2.24, 2.45) is 5.92 Å². The van der Waals surface area contributed by atoms with Gasteiger partial charge in [-0.05, 0) is 42.0 Å². The molecule has 0 heterocycles. The fourth-order valence-corrected chi connectivity index (χ4v) is 2.21. The van der Waals surface area contributed by atoms with Crippen molar-refractivity contribution in [1.82, 2.24) is 0 Å². The van der Waals surface area contributed by atoms with Crippen molar-refractivity contribution >= 4 is 0 Å². The lowest BCUT2D eigenvalue weighted by Crippen LogP contribution is -2.01. The first-order valence-corrected chi connectivity index (χ1v) is 7.78. The maximum absolute atomic E-state index is 10.1. The summed E-state index contributed by atoms with van der Waals surface area (Å²) >= 11 is 0. The van der Waals surface area contributed by atoms with E-state index in [1.807, 2.05) is 68.4 Å². The van der Waals surface area contributed by atoms with Crippen LogP contribution in [0.3, 0.4) is 0 Å². The Morgan fingerprint density at radius 2 is 1.76 bits per heavy atom. The molecule has 21 heavy (non-hydrogen) atoms. The minimum Gasteiger partial charge on any atom is -0.489 e. The van der Waals surface area contributed by atoms with Gasteiger partial charge in [-0.3, -0.25) is 0 Å². The molecular formula is C19H24O2. The number of hydrogen-bond acceptors (Lipinski definition) is 2. The van der Waals surface area contributed by atoms with Gasteiger partial charge in [-0.2, -0.15) is 0 Å². The molecule has 0 radical (unpaired) electrons. The van der Waals surface area contributed by atoms with E-state index in [0.717, 1.165) is 29.7 Å². The van der Waals surface area contributed by atoms with Crippen LogP contribution >= 0.6 is 0 Å². The van der Waals surface area contributed by atoms with Crippen LogP contribution in [0, 0.1) is 5.92 Å². The minimum absolute atomic E-state index is 0.333. The Morgan fingerprint density at radius 1 is 1.05 bits per heavy atom. The number of rotatable bonds is 5. The first-order valence-electron chi connectivity index (χ1n) is 7.78. The van der Waals surface area contributed by atoms with Gasteiger partial charge in [0.1, 0.15) is 12.4 Å². The molecule has 3 rings (SSSR count). The number of benzene rings is 2. The zero-order chi connectivity index (χ0) is 15.1. The smallest absolute Gasteiger partial charge is 0.120 e. The summed E-state index contributed by atoms with van der Waals surface area (Å²) in [7, 11) is 0. The predicted molar refractivity (Wildman–Crippen MR) is 86.2 cm³/mol. The summed E-state index contributed by atoms with van der Waals surface area (Å²) in [5, 5.41) is 10.1. The second kappa shape index (κ2) is 7.84. The molecule has 0 saturated heterocycles. The van der Waals surface area contributed by atoms with E-state index in [9.17, 15) is 5.11 Å². The van der Waals surface area contributed by atoms with Crippen LogP contribution in [-0.4, -0.2) is 5.11 Å². The van der Waals surface area contributed by atoms with Crippen LogP contribution in [-0.2, 0) is 6.61 Å². The quantitative estimate of drug-likeness (QED) is 0.859. The number of hydrogen-bond donors (Lipinski definition) is 1. The van der Waals surface area contributed by atoms with Crippen molar-refractivity contribution in [3.63, 3.8) is 0 Å². The molecule has 0 aliphatic heterocycles. The Balaban J connectivity index is 0.000000774. The molecule has 1 atom stereocenters. The summed E-state index contributed by atoms with van der Waals surface area (Å²) < 4.78 is 5.77. The Labute approximate surface area is 127 Å². The summed E-state index contributed by atoms with van der Waals surface area (Å²) in [6.07, 6.45) is 1.94. The molecule has 0 spiro atoms. The molecule has 0 bridgehead atoms. The number of aliphatic hydroxyl groups is 1. The lowest BCUT2D eigenvalue weighted by molar-refractivity contribution is 0.153. The van der Waals surface area contributed by atoms with Crippen LogP contribution in [0.5, 0.6) is 5.75 Å². The molecule has 0 amide bonds. The van der Waals surface area contributed by atoms with E-state index in [2.05, 4.69) is 0 Å². The molecule has 2 aromatic rings. The van der Waals surface area contributed by atoms with Crippen LogP contribution in [0.2, 0.25) is 0 Å². The van der Waals surface area contributed by atoms with Crippen LogP contribution in [0.4, 0.5) is 0 Å². The van der Waals surface area contributed by atoms with Crippen LogP contribution < -0.4 is 4.74 Å². The molecule has 2 nitrogen and oxygen atoms in total.